The largest absolute Gasteiger partial charge is 0.493 e. The molecule has 0 aliphatic rings. The molecule has 0 bridgehead atoms. The number of nitrogens with one attached hydrogen (secondary N) is 1. The van der Waals surface area contributed by atoms with E-state index < -0.39 is 6.04 Å². The summed E-state index contributed by atoms with van der Waals surface area (Å²) in [6, 6.07) is 12.2. The number of para-hydroxylation sites is 2. The van der Waals surface area contributed by atoms with Crippen molar-refractivity contribution in [1.29, 1.82) is 0 Å². The van der Waals surface area contributed by atoms with Crippen LogP contribution in [-0.2, 0) is 16.1 Å². The lowest BCUT2D eigenvalue weighted by Crippen LogP contribution is -2.50. The predicted molar refractivity (Wildman–Crippen MR) is 108 cm³/mol. The second kappa shape index (κ2) is 11.0. The molecule has 1 atom stereocenters. The molecule has 1 N–H and O–H groups in total. The van der Waals surface area contributed by atoms with E-state index >= 15 is 0 Å². The van der Waals surface area contributed by atoms with Gasteiger partial charge in [-0.05, 0) is 43.2 Å². The van der Waals surface area contributed by atoms with Crippen molar-refractivity contribution in [2.75, 3.05) is 20.3 Å². The van der Waals surface area contributed by atoms with Crippen LogP contribution in [0.3, 0.4) is 0 Å². The van der Waals surface area contributed by atoms with Crippen LogP contribution in [0, 0.1) is 5.82 Å². The van der Waals surface area contributed by atoms with Gasteiger partial charge in [0.25, 0.3) is 5.91 Å². The lowest BCUT2D eigenvalue weighted by atomic mass is 10.1. The normalized spacial score (nSPS) is 11.4. The molecule has 2 aromatic rings. The molecule has 0 aliphatic carbocycles. The molecule has 2 amide bonds. The molecule has 29 heavy (non-hydrogen) atoms. The number of carbonyl (C=O) groups is 2. The van der Waals surface area contributed by atoms with E-state index in [-0.39, 0.29) is 30.8 Å². The molecular formula is C22H27FN2O4. The van der Waals surface area contributed by atoms with E-state index in [1.54, 1.807) is 36.4 Å². The van der Waals surface area contributed by atoms with Crippen molar-refractivity contribution in [3.63, 3.8) is 0 Å². The molecule has 7 heteroatoms. The monoisotopic (exact) mass is 402 g/mol. The summed E-state index contributed by atoms with van der Waals surface area (Å²) in [4.78, 5) is 27.0. The Morgan fingerprint density at radius 3 is 2.31 bits per heavy atom. The van der Waals surface area contributed by atoms with Crippen LogP contribution in [0.1, 0.15) is 25.8 Å². The number of halogens is 1. The van der Waals surface area contributed by atoms with Gasteiger partial charge in [-0.3, -0.25) is 9.59 Å². The first-order valence-electron chi connectivity index (χ1n) is 9.57. The predicted octanol–water partition coefficient (Wildman–Crippen LogP) is 3.16. The van der Waals surface area contributed by atoms with Gasteiger partial charge >= 0.3 is 0 Å². The summed E-state index contributed by atoms with van der Waals surface area (Å²) in [5.74, 6) is 0.0141. The first-order chi connectivity index (χ1) is 14.0. The van der Waals surface area contributed by atoms with Gasteiger partial charge in [0, 0.05) is 13.1 Å². The van der Waals surface area contributed by atoms with E-state index in [4.69, 9.17) is 9.47 Å². The molecule has 0 heterocycles. The molecule has 0 saturated carbocycles. The zero-order valence-electron chi connectivity index (χ0n) is 17.0. The third kappa shape index (κ3) is 6.20. The molecule has 156 valence electrons. The maximum Gasteiger partial charge on any atom is 0.261 e. The van der Waals surface area contributed by atoms with Crippen LogP contribution >= 0.6 is 0 Å². The molecule has 0 fully saturated rings. The fraction of sp³-hybridized carbons (Fsp3) is 0.364. The summed E-state index contributed by atoms with van der Waals surface area (Å²) < 4.78 is 24.1. The van der Waals surface area contributed by atoms with Crippen LogP contribution in [0.2, 0.25) is 0 Å². The van der Waals surface area contributed by atoms with Gasteiger partial charge in [0.2, 0.25) is 5.91 Å². The highest BCUT2D eigenvalue weighted by Gasteiger charge is 2.28. The smallest absolute Gasteiger partial charge is 0.261 e. The van der Waals surface area contributed by atoms with Crippen LogP contribution in [-0.4, -0.2) is 43.0 Å². The zero-order valence-corrected chi connectivity index (χ0v) is 17.0. The second-order valence-electron chi connectivity index (χ2n) is 6.41. The number of likely N-dealkylation sites (N-methyl/N-ethyl adjacent to an activating group) is 1. The van der Waals surface area contributed by atoms with Crippen LogP contribution in [0.4, 0.5) is 4.39 Å². The lowest BCUT2D eigenvalue weighted by Gasteiger charge is -2.30. The van der Waals surface area contributed by atoms with Gasteiger partial charge in [-0.2, -0.15) is 0 Å². The summed E-state index contributed by atoms with van der Waals surface area (Å²) in [5.41, 5.74) is 0.722. The fourth-order valence-corrected chi connectivity index (χ4v) is 2.96. The van der Waals surface area contributed by atoms with Crippen molar-refractivity contribution in [3.05, 3.63) is 59.9 Å². The fourth-order valence-electron chi connectivity index (χ4n) is 2.96. The molecule has 0 saturated heterocycles. The average Bonchev–Trinajstić information content (AvgIpc) is 2.73. The number of amides is 2. The number of methoxy groups -OCH3 is 1. The number of hydrogen-bond acceptors (Lipinski definition) is 4. The van der Waals surface area contributed by atoms with Gasteiger partial charge in [-0.25, -0.2) is 4.39 Å². The number of ether oxygens (including phenoxy) is 2. The summed E-state index contributed by atoms with van der Waals surface area (Å²) in [6.07, 6.45) is 0.438. The maximum atomic E-state index is 13.2. The van der Waals surface area contributed by atoms with Crippen molar-refractivity contribution in [1.82, 2.24) is 10.2 Å². The second-order valence-corrected chi connectivity index (χ2v) is 6.41. The molecule has 2 rings (SSSR count). The molecule has 0 spiro atoms. The number of carbonyl (C=O) groups excluding carboxylic acids is 2. The minimum Gasteiger partial charge on any atom is -0.493 e. The number of benzene rings is 2. The maximum absolute atomic E-state index is 13.2. The highest BCUT2D eigenvalue weighted by molar-refractivity contribution is 5.88. The Labute approximate surface area is 170 Å². The molecule has 2 aromatic carbocycles. The summed E-state index contributed by atoms with van der Waals surface area (Å²) >= 11 is 0. The van der Waals surface area contributed by atoms with E-state index in [1.807, 2.05) is 13.8 Å². The van der Waals surface area contributed by atoms with Crippen molar-refractivity contribution in [3.8, 4) is 11.5 Å². The van der Waals surface area contributed by atoms with Crippen LogP contribution in [0.25, 0.3) is 0 Å². The Kier molecular flexibility index (Phi) is 8.45. The standard InChI is InChI=1S/C22H27FN2O4/c1-4-18(22(27)24-5-2)25(14-16-10-12-17(23)13-11-16)21(26)15-29-20-9-7-6-8-19(20)28-3/h6-13,18H,4-5,14-15H2,1-3H3,(H,24,27)/t18-/m1/s1. The van der Waals surface area contributed by atoms with Gasteiger partial charge < -0.3 is 19.7 Å². The topological polar surface area (TPSA) is 67.9 Å². The van der Waals surface area contributed by atoms with E-state index in [0.29, 0.717) is 24.5 Å². The highest BCUT2D eigenvalue weighted by Crippen LogP contribution is 2.26. The molecule has 0 aromatic heterocycles. The van der Waals surface area contributed by atoms with Crippen LogP contribution in [0.15, 0.2) is 48.5 Å². The third-order valence-corrected chi connectivity index (χ3v) is 4.42. The van der Waals surface area contributed by atoms with Gasteiger partial charge in [0.15, 0.2) is 18.1 Å². The van der Waals surface area contributed by atoms with Gasteiger partial charge in [0.1, 0.15) is 11.9 Å². The Morgan fingerprint density at radius 1 is 1.07 bits per heavy atom. The molecule has 6 nitrogen and oxygen atoms in total. The minimum absolute atomic E-state index is 0.171. The van der Waals surface area contributed by atoms with Crippen molar-refractivity contribution in [2.45, 2.75) is 32.9 Å². The van der Waals surface area contributed by atoms with Crippen LogP contribution < -0.4 is 14.8 Å². The highest BCUT2D eigenvalue weighted by atomic mass is 19.1. The Bertz CT molecular complexity index is 811. The number of rotatable bonds is 10. The number of nitrogens with zero attached hydrogens (tertiary/aromatic N) is 1. The van der Waals surface area contributed by atoms with Crippen molar-refractivity contribution >= 4 is 11.8 Å². The molecule has 0 unspecified atom stereocenters. The SMILES string of the molecule is CCNC(=O)[C@@H](CC)N(Cc1ccc(F)cc1)C(=O)COc1ccccc1OC. The molecule has 0 aliphatic heterocycles. The van der Waals surface area contributed by atoms with E-state index in [1.165, 1.54) is 24.1 Å². The average molecular weight is 402 g/mol. The van der Waals surface area contributed by atoms with E-state index in [9.17, 15) is 14.0 Å². The molecular weight excluding hydrogens is 375 g/mol. The van der Waals surface area contributed by atoms with E-state index in [0.717, 1.165) is 5.56 Å². The minimum atomic E-state index is -0.659. The summed E-state index contributed by atoms with van der Waals surface area (Å²) in [5, 5.41) is 2.77. The lowest BCUT2D eigenvalue weighted by molar-refractivity contribution is -0.142. The molecule has 0 radical (unpaired) electrons. The Morgan fingerprint density at radius 2 is 1.72 bits per heavy atom. The summed E-state index contributed by atoms with van der Waals surface area (Å²) in [6.45, 7) is 4.04. The van der Waals surface area contributed by atoms with Gasteiger partial charge in [-0.1, -0.05) is 31.2 Å². The zero-order chi connectivity index (χ0) is 21.2. The first kappa shape index (κ1) is 22.2. The van der Waals surface area contributed by atoms with Crippen molar-refractivity contribution in [2.24, 2.45) is 0 Å². The van der Waals surface area contributed by atoms with Crippen LogP contribution in [0.5, 0.6) is 11.5 Å². The summed E-state index contributed by atoms with van der Waals surface area (Å²) in [7, 11) is 1.52. The van der Waals surface area contributed by atoms with Gasteiger partial charge in [0.05, 0.1) is 7.11 Å². The number of hydrogen-bond donors (Lipinski definition) is 1. The van der Waals surface area contributed by atoms with Crippen molar-refractivity contribution < 1.29 is 23.5 Å². The Balaban J connectivity index is 2.20. The van der Waals surface area contributed by atoms with E-state index in [2.05, 4.69) is 5.32 Å². The Hall–Kier alpha value is -3.09. The third-order valence-electron chi connectivity index (χ3n) is 4.42. The quantitative estimate of drug-likeness (QED) is 0.663. The van der Waals surface area contributed by atoms with Gasteiger partial charge in [-0.15, -0.1) is 0 Å². The first-order valence-corrected chi connectivity index (χ1v) is 9.57.